The summed E-state index contributed by atoms with van der Waals surface area (Å²) in [5, 5.41) is 15.2. The highest BCUT2D eigenvalue weighted by atomic mass is 19.1. The predicted octanol–water partition coefficient (Wildman–Crippen LogP) is 4.96. The second-order valence-electron chi connectivity index (χ2n) is 10.7. The van der Waals surface area contributed by atoms with Crippen LogP contribution in [0.5, 0.6) is 0 Å². The summed E-state index contributed by atoms with van der Waals surface area (Å²) < 4.78 is 20.2. The molecular weight excluding hydrogens is 497 g/mol. The molecule has 2 amide bonds. The van der Waals surface area contributed by atoms with Crippen molar-refractivity contribution in [3.05, 3.63) is 59.4 Å². The summed E-state index contributed by atoms with van der Waals surface area (Å²) in [7, 11) is 5.29. The number of benzene rings is 2. The van der Waals surface area contributed by atoms with Crippen LogP contribution in [0.4, 0.5) is 9.18 Å². The van der Waals surface area contributed by atoms with Crippen molar-refractivity contribution in [1.29, 1.82) is 0 Å². The smallest absolute Gasteiger partial charge is 0.406 e. The summed E-state index contributed by atoms with van der Waals surface area (Å²) in [5.74, 6) is -0.581. The van der Waals surface area contributed by atoms with Crippen LogP contribution in [-0.2, 0) is 21.6 Å². The third kappa shape index (κ3) is 8.02. The molecule has 0 aliphatic carbocycles. The van der Waals surface area contributed by atoms with Crippen LogP contribution in [0.15, 0.2) is 42.5 Å². The average molecular weight is 542 g/mol. The third-order valence-electron chi connectivity index (χ3n) is 7.74. The quantitative estimate of drug-likeness (QED) is 0.371. The predicted molar refractivity (Wildman–Crippen MR) is 152 cm³/mol. The SMILES string of the molecule is CCc1cccc(-c2c(F)cccc2C(O)(CCCNC(=O)OC)[C@@H]2CCCN(C(=O)CCCN(C)C)C2)c1. The lowest BCUT2D eigenvalue weighted by Gasteiger charge is -2.44. The van der Waals surface area contributed by atoms with Crippen molar-refractivity contribution in [3.8, 4) is 11.1 Å². The molecule has 3 rings (SSSR count). The molecule has 1 heterocycles. The van der Waals surface area contributed by atoms with Crippen molar-refractivity contribution < 1.29 is 23.8 Å². The number of halogens is 1. The van der Waals surface area contributed by atoms with Crippen LogP contribution in [0.1, 0.15) is 56.6 Å². The summed E-state index contributed by atoms with van der Waals surface area (Å²) in [6.45, 7) is 4.27. The maximum absolute atomic E-state index is 15.6. The van der Waals surface area contributed by atoms with Gasteiger partial charge in [-0.3, -0.25) is 4.79 Å². The molecular formula is C31H44FN3O4. The number of carbonyl (C=O) groups excluding carboxylic acids is 2. The highest BCUT2D eigenvalue weighted by Gasteiger charge is 2.43. The summed E-state index contributed by atoms with van der Waals surface area (Å²) in [4.78, 5) is 28.6. The van der Waals surface area contributed by atoms with E-state index in [9.17, 15) is 14.7 Å². The number of carbonyl (C=O) groups is 2. The topological polar surface area (TPSA) is 82.1 Å². The molecule has 2 aromatic rings. The summed E-state index contributed by atoms with van der Waals surface area (Å²) in [6.07, 6.45) is 3.76. The van der Waals surface area contributed by atoms with Gasteiger partial charge >= 0.3 is 6.09 Å². The number of ether oxygens (including phenoxy) is 1. The summed E-state index contributed by atoms with van der Waals surface area (Å²) >= 11 is 0. The van der Waals surface area contributed by atoms with E-state index in [2.05, 4.69) is 21.9 Å². The normalized spacial score (nSPS) is 17.1. The van der Waals surface area contributed by atoms with Crippen LogP contribution in [0.2, 0.25) is 0 Å². The fourth-order valence-corrected chi connectivity index (χ4v) is 5.60. The van der Waals surface area contributed by atoms with Crippen molar-refractivity contribution in [2.75, 3.05) is 47.4 Å². The van der Waals surface area contributed by atoms with Gasteiger partial charge in [0.2, 0.25) is 5.91 Å². The molecule has 1 aliphatic heterocycles. The average Bonchev–Trinajstić information content (AvgIpc) is 2.94. The first-order valence-electron chi connectivity index (χ1n) is 14.0. The molecule has 1 fully saturated rings. The Labute approximate surface area is 232 Å². The number of hydrogen-bond donors (Lipinski definition) is 2. The number of piperidine rings is 1. The van der Waals surface area contributed by atoms with E-state index in [1.165, 1.54) is 13.2 Å². The Morgan fingerprint density at radius 1 is 1.21 bits per heavy atom. The Kier molecular flexibility index (Phi) is 11.3. The highest BCUT2D eigenvalue weighted by molar-refractivity contribution is 5.76. The lowest BCUT2D eigenvalue weighted by atomic mass is 9.72. The van der Waals surface area contributed by atoms with Gasteiger partial charge in [-0.25, -0.2) is 9.18 Å². The molecule has 0 bridgehead atoms. The van der Waals surface area contributed by atoms with Gasteiger partial charge in [-0.15, -0.1) is 0 Å². The van der Waals surface area contributed by atoms with E-state index in [0.29, 0.717) is 56.4 Å². The molecule has 2 aromatic carbocycles. The summed E-state index contributed by atoms with van der Waals surface area (Å²) in [6, 6.07) is 12.7. The molecule has 214 valence electrons. The van der Waals surface area contributed by atoms with Gasteiger partial charge in [-0.05, 0) is 81.9 Å². The minimum absolute atomic E-state index is 0.0892. The number of likely N-dealkylation sites (tertiary alicyclic amines) is 1. The molecule has 8 heteroatoms. The molecule has 0 saturated carbocycles. The van der Waals surface area contributed by atoms with Crippen molar-refractivity contribution in [2.45, 2.75) is 57.5 Å². The van der Waals surface area contributed by atoms with E-state index in [4.69, 9.17) is 0 Å². The minimum atomic E-state index is -1.40. The molecule has 0 radical (unpaired) electrons. The van der Waals surface area contributed by atoms with Gasteiger partial charge in [-0.1, -0.05) is 43.3 Å². The van der Waals surface area contributed by atoms with Gasteiger partial charge < -0.3 is 25.0 Å². The van der Waals surface area contributed by atoms with Crippen LogP contribution in [0, 0.1) is 11.7 Å². The Balaban J connectivity index is 1.96. The van der Waals surface area contributed by atoms with Gasteiger partial charge in [0.15, 0.2) is 0 Å². The van der Waals surface area contributed by atoms with Crippen molar-refractivity contribution in [3.63, 3.8) is 0 Å². The van der Waals surface area contributed by atoms with Crippen LogP contribution in [0.25, 0.3) is 11.1 Å². The maximum atomic E-state index is 15.6. The highest BCUT2D eigenvalue weighted by Crippen LogP contribution is 2.44. The Bertz CT molecular complexity index is 1110. The van der Waals surface area contributed by atoms with Crippen molar-refractivity contribution in [1.82, 2.24) is 15.1 Å². The molecule has 39 heavy (non-hydrogen) atoms. The van der Waals surface area contributed by atoms with E-state index < -0.39 is 11.7 Å². The zero-order valence-electron chi connectivity index (χ0n) is 23.8. The standard InChI is InChI=1S/C31H44FN3O4/c1-5-23-11-6-12-24(21-23)29-26(14-7-15-27(29)32)31(38,17-10-18-33-30(37)39-4)25-13-8-20-35(22-25)28(36)16-9-19-34(2)3/h6-7,11-12,14-15,21,25,38H,5,8-10,13,16-20,22H2,1-4H3,(H,33,37)/t25-,31?/m1/s1. The van der Waals surface area contributed by atoms with E-state index >= 15 is 4.39 Å². The number of aryl methyl sites for hydroxylation is 1. The molecule has 7 nitrogen and oxygen atoms in total. The first kappa shape index (κ1) is 30.6. The maximum Gasteiger partial charge on any atom is 0.406 e. The second kappa shape index (κ2) is 14.4. The number of nitrogens with one attached hydrogen (secondary N) is 1. The number of rotatable bonds is 12. The molecule has 2 atom stereocenters. The van der Waals surface area contributed by atoms with Crippen LogP contribution in [0.3, 0.4) is 0 Å². The number of methoxy groups -OCH3 is 1. The minimum Gasteiger partial charge on any atom is -0.453 e. The van der Waals surface area contributed by atoms with Crippen molar-refractivity contribution >= 4 is 12.0 Å². The van der Waals surface area contributed by atoms with Gasteiger partial charge in [-0.2, -0.15) is 0 Å². The molecule has 1 saturated heterocycles. The number of amides is 2. The Hall–Kier alpha value is -2.97. The van der Waals surface area contributed by atoms with E-state index in [1.54, 1.807) is 6.07 Å². The molecule has 2 N–H and O–H groups in total. The van der Waals surface area contributed by atoms with Crippen LogP contribution >= 0.6 is 0 Å². The Morgan fingerprint density at radius 3 is 2.69 bits per heavy atom. The number of aliphatic hydroxyl groups is 1. The number of nitrogens with zero attached hydrogens (tertiary/aromatic N) is 2. The number of hydrogen-bond acceptors (Lipinski definition) is 5. The largest absolute Gasteiger partial charge is 0.453 e. The molecule has 0 spiro atoms. The fraction of sp³-hybridized carbons (Fsp3) is 0.548. The van der Waals surface area contributed by atoms with Crippen LogP contribution < -0.4 is 5.32 Å². The zero-order valence-corrected chi connectivity index (χ0v) is 23.8. The zero-order chi connectivity index (χ0) is 28.4. The van der Waals surface area contributed by atoms with Gasteiger partial charge in [0.05, 0.1) is 12.7 Å². The van der Waals surface area contributed by atoms with Gasteiger partial charge in [0.1, 0.15) is 5.82 Å². The lowest BCUT2D eigenvalue weighted by Crippen LogP contribution is -2.48. The van der Waals surface area contributed by atoms with E-state index in [0.717, 1.165) is 36.9 Å². The van der Waals surface area contributed by atoms with Gasteiger partial charge in [0, 0.05) is 37.5 Å². The monoisotopic (exact) mass is 541 g/mol. The third-order valence-corrected chi connectivity index (χ3v) is 7.74. The molecule has 0 aromatic heterocycles. The number of alkyl carbamates (subject to hydrolysis) is 1. The second-order valence-corrected chi connectivity index (χ2v) is 10.7. The van der Waals surface area contributed by atoms with Crippen LogP contribution in [-0.4, -0.2) is 74.3 Å². The Morgan fingerprint density at radius 2 is 1.97 bits per heavy atom. The molecule has 1 aliphatic rings. The van der Waals surface area contributed by atoms with E-state index in [1.807, 2.05) is 49.3 Å². The summed E-state index contributed by atoms with van der Waals surface area (Å²) in [5.41, 5.74) is 1.33. The van der Waals surface area contributed by atoms with Gasteiger partial charge in [0.25, 0.3) is 0 Å². The molecule has 1 unspecified atom stereocenters. The first-order chi connectivity index (χ1) is 18.7. The lowest BCUT2D eigenvalue weighted by molar-refractivity contribution is -0.136. The first-order valence-corrected chi connectivity index (χ1v) is 14.0. The van der Waals surface area contributed by atoms with Crippen molar-refractivity contribution in [2.24, 2.45) is 5.92 Å². The van der Waals surface area contributed by atoms with E-state index in [-0.39, 0.29) is 17.6 Å². The fourth-order valence-electron chi connectivity index (χ4n) is 5.60.